The molecule has 0 saturated heterocycles. The Bertz CT molecular complexity index is 886. The molecule has 0 radical (unpaired) electrons. The van der Waals surface area contributed by atoms with Crippen LogP contribution in [0, 0.1) is 13.8 Å². The van der Waals surface area contributed by atoms with E-state index in [0.29, 0.717) is 16.9 Å². The van der Waals surface area contributed by atoms with Crippen molar-refractivity contribution in [1.29, 1.82) is 0 Å². The third-order valence-corrected chi connectivity index (χ3v) is 5.40. The summed E-state index contributed by atoms with van der Waals surface area (Å²) in [5, 5.41) is 9.11. The summed E-state index contributed by atoms with van der Waals surface area (Å²) >= 11 is 5.79. The number of halogens is 1. The van der Waals surface area contributed by atoms with Crippen LogP contribution in [0.3, 0.4) is 0 Å². The van der Waals surface area contributed by atoms with E-state index in [2.05, 4.69) is 4.72 Å². The lowest BCUT2D eigenvalue weighted by atomic mass is 10.1. The van der Waals surface area contributed by atoms with Gasteiger partial charge in [0.2, 0.25) is 0 Å². The molecule has 24 heavy (non-hydrogen) atoms. The third kappa shape index (κ3) is 3.63. The number of aromatic carboxylic acids is 1. The highest BCUT2D eigenvalue weighted by Gasteiger charge is 2.21. The zero-order valence-corrected chi connectivity index (χ0v) is 14.8. The maximum Gasteiger partial charge on any atom is 0.337 e. The Balaban J connectivity index is 2.47. The van der Waals surface area contributed by atoms with Crippen molar-refractivity contribution in [2.75, 3.05) is 11.8 Å². The molecule has 0 saturated carbocycles. The summed E-state index contributed by atoms with van der Waals surface area (Å²) in [5.41, 5.74) is 0.977. The van der Waals surface area contributed by atoms with E-state index in [1.807, 2.05) is 0 Å². The van der Waals surface area contributed by atoms with Crippen LogP contribution in [0.4, 0.5) is 5.69 Å². The van der Waals surface area contributed by atoms with E-state index in [4.69, 9.17) is 21.4 Å². The number of carboxylic acid groups (broad SMARTS) is 1. The minimum absolute atomic E-state index is 0.0299. The Morgan fingerprint density at radius 1 is 1.17 bits per heavy atom. The van der Waals surface area contributed by atoms with Crippen molar-refractivity contribution >= 4 is 33.3 Å². The second-order valence-electron chi connectivity index (χ2n) is 5.20. The molecular weight excluding hydrogens is 354 g/mol. The van der Waals surface area contributed by atoms with Crippen molar-refractivity contribution in [2.24, 2.45) is 0 Å². The molecule has 0 bridgehead atoms. The topological polar surface area (TPSA) is 92.7 Å². The summed E-state index contributed by atoms with van der Waals surface area (Å²) in [7, 11) is -2.39. The summed E-state index contributed by atoms with van der Waals surface area (Å²) in [5.74, 6) is -0.679. The highest BCUT2D eigenvalue weighted by Crippen LogP contribution is 2.28. The number of carbonyl (C=O) groups is 1. The summed E-state index contributed by atoms with van der Waals surface area (Å²) in [4.78, 5) is 11.2. The highest BCUT2D eigenvalue weighted by molar-refractivity contribution is 7.92. The number of anilines is 1. The van der Waals surface area contributed by atoms with Crippen LogP contribution in [0.15, 0.2) is 35.2 Å². The predicted molar refractivity (Wildman–Crippen MR) is 91.7 cm³/mol. The van der Waals surface area contributed by atoms with Gasteiger partial charge in [-0.2, -0.15) is 0 Å². The summed E-state index contributed by atoms with van der Waals surface area (Å²) in [6, 6.07) is 7.14. The first-order valence-corrected chi connectivity index (χ1v) is 8.72. The standard InChI is InChI=1S/C16H16ClNO5S/c1-9-6-12(23-3)7-10(2)15(9)24(21,22)18-11-4-5-14(17)13(8-11)16(19)20/h4-8,18H,1-3H3,(H,19,20). The number of rotatable bonds is 5. The van der Waals surface area contributed by atoms with E-state index >= 15 is 0 Å². The Hall–Kier alpha value is -2.25. The first kappa shape index (κ1) is 18.1. The van der Waals surface area contributed by atoms with E-state index in [0.717, 1.165) is 0 Å². The van der Waals surface area contributed by atoms with Crippen LogP contribution in [-0.4, -0.2) is 26.6 Å². The second-order valence-corrected chi connectivity index (χ2v) is 7.22. The molecule has 2 rings (SSSR count). The number of carboxylic acids is 1. The minimum Gasteiger partial charge on any atom is -0.497 e. The van der Waals surface area contributed by atoms with Crippen molar-refractivity contribution in [2.45, 2.75) is 18.7 Å². The lowest BCUT2D eigenvalue weighted by molar-refractivity contribution is 0.0697. The van der Waals surface area contributed by atoms with E-state index in [1.165, 1.54) is 25.3 Å². The van der Waals surface area contributed by atoms with Gasteiger partial charge in [0, 0.05) is 5.69 Å². The SMILES string of the molecule is COc1cc(C)c(S(=O)(=O)Nc2ccc(Cl)c(C(=O)O)c2)c(C)c1. The van der Waals surface area contributed by atoms with Crippen LogP contribution in [-0.2, 0) is 10.0 Å². The minimum atomic E-state index is -3.90. The summed E-state index contributed by atoms with van der Waals surface area (Å²) in [6.45, 7) is 3.32. The smallest absolute Gasteiger partial charge is 0.337 e. The molecular formula is C16H16ClNO5S. The number of methoxy groups -OCH3 is 1. The fraction of sp³-hybridized carbons (Fsp3) is 0.188. The lowest BCUT2D eigenvalue weighted by Gasteiger charge is -2.15. The summed E-state index contributed by atoms with van der Waals surface area (Å²) in [6.07, 6.45) is 0. The Morgan fingerprint density at radius 3 is 2.25 bits per heavy atom. The van der Waals surface area contributed by atoms with Gasteiger partial charge < -0.3 is 9.84 Å². The molecule has 0 unspecified atom stereocenters. The van der Waals surface area contributed by atoms with Gasteiger partial charge in [0.25, 0.3) is 10.0 Å². The number of hydrogen-bond acceptors (Lipinski definition) is 4. The van der Waals surface area contributed by atoms with Crippen LogP contribution in [0.5, 0.6) is 5.75 Å². The summed E-state index contributed by atoms with van der Waals surface area (Å²) < 4.78 is 32.9. The van der Waals surface area contributed by atoms with Crippen molar-refractivity contribution < 1.29 is 23.1 Å². The number of sulfonamides is 1. The quantitative estimate of drug-likeness (QED) is 0.841. The van der Waals surface area contributed by atoms with Gasteiger partial charge in [-0.25, -0.2) is 13.2 Å². The molecule has 0 heterocycles. The first-order chi connectivity index (χ1) is 11.2. The van der Waals surface area contributed by atoms with Crippen molar-refractivity contribution in [3.05, 3.63) is 52.0 Å². The monoisotopic (exact) mass is 369 g/mol. The van der Waals surface area contributed by atoms with E-state index in [9.17, 15) is 13.2 Å². The Morgan fingerprint density at radius 2 is 1.75 bits per heavy atom. The van der Waals surface area contributed by atoms with Gasteiger partial charge in [-0.15, -0.1) is 0 Å². The molecule has 2 N–H and O–H groups in total. The zero-order chi connectivity index (χ0) is 18.1. The zero-order valence-electron chi connectivity index (χ0n) is 13.3. The number of ether oxygens (including phenoxy) is 1. The largest absolute Gasteiger partial charge is 0.497 e. The third-order valence-electron chi connectivity index (χ3n) is 3.39. The van der Waals surface area contributed by atoms with Gasteiger partial charge in [-0.3, -0.25) is 4.72 Å². The molecule has 8 heteroatoms. The molecule has 0 aliphatic rings. The molecule has 0 spiro atoms. The number of nitrogens with one attached hydrogen (secondary N) is 1. The fourth-order valence-corrected chi connectivity index (χ4v) is 4.11. The number of hydrogen-bond donors (Lipinski definition) is 2. The molecule has 0 atom stereocenters. The molecule has 0 aliphatic carbocycles. The van der Waals surface area contributed by atoms with E-state index in [1.54, 1.807) is 26.0 Å². The maximum absolute atomic E-state index is 12.7. The molecule has 2 aromatic carbocycles. The van der Waals surface area contributed by atoms with Crippen molar-refractivity contribution in [1.82, 2.24) is 0 Å². The van der Waals surface area contributed by atoms with Gasteiger partial charge in [0.05, 0.1) is 22.6 Å². The molecule has 0 fully saturated rings. The number of benzene rings is 2. The molecule has 0 amide bonds. The van der Waals surface area contributed by atoms with Crippen LogP contribution in [0.1, 0.15) is 21.5 Å². The predicted octanol–water partition coefficient (Wildman–Crippen LogP) is 3.46. The lowest BCUT2D eigenvalue weighted by Crippen LogP contribution is -2.16. The molecule has 0 aliphatic heterocycles. The Labute approximate surface area is 145 Å². The molecule has 0 aromatic heterocycles. The van der Waals surface area contributed by atoms with Gasteiger partial charge in [-0.05, 0) is 55.3 Å². The van der Waals surface area contributed by atoms with Crippen LogP contribution >= 0.6 is 11.6 Å². The highest BCUT2D eigenvalue weighted by atomic mass is 35.5. The average Bonchev–Trinajstić information content (AvgIpc) is 2.47. The second kappa shape index (κ2) is 6.70. The van der Waals surface area contributed by atoms with Gasteiger partial charge in [-0.1, -0.05) is 11.6 Å². The van der Waals surface area contributed by atoms with Crippen LogP contribution in [0.2, 0.25) is 5.02 Å². The van der Waals surface area contributed by atoms with Gasteiger partial charge in [0.15, 0.2) is 0 Å². The molecule has 6 nitrogen and oxygen atoms in total. The molecule has 128 valence electrons. The first-order valence-electron chi connectivity index (χ1n) is 6.86. The maximum atomic E-state index is 12.7. The molecule has 2 aromatic rings. The normalized spacial score (nSPS) is 11.2. The number of aryl methyl sites for hydroxylation is 2. The van der Waals surface area contributed by atoms with Gasteiger partial charge in [0.1, 0.15) is 5.75 Å². The van der Waals surface area contributed by atoms with Crippen molar-refractivity contribution in [3.63, 3.8) is 0 Å². The van der Waals surface area contributed by atoms with Crippen LogP contribution in [0.25, 0.3) is 0 Å². The van der Waals surface area contributed by atoms with E-state index < -0.39 is 16.0 Å². The van der Waals surface area contributed by atoms with Crippen molar-refractivity contribution in [3.8, 4) is 5.75 Å². The van der Waals surface area contributed by atoms with E-state index in [-0.39, 0.29) is 21.2 Å². The van der Waals surface area contributed by atoms with Gasteiger partial charge >= 0.3 is 5.97 Å². The fourth-order valence-electron chi connectivity index (χ4n) is 2.41. The average molecular weight is 370 g/mol. The van der Waals surface area contributed by atoms with Crippen LogP contribution < -0.4 is 9.46 Å². The Kier molecular flexibility index (Phi) is 5.05.